The van der Waals surface area contributed by atoms with Crippen molar-refractivity contribution in [3.63, 3.8) is 0 Å². The van der Waals surface area contributed by atoms with Gasteiger partial charge in [0.1, 0.15) is 5.78 Å². The Bertz CT molecular complexity index is 229. The molecule has 1 unspecified atom stereocenters. The molecule has 13 heavy (non-hydrogen) atoms. The van der Waals surface area contributed by atoms with Crippen LogP contribution in [0.3, 0.4) is 0 Å². The Hall–Kier alpha value is -0.590. The summed E-state index contributed by atoms with van der Waals surface area (Å²) in [5.41, 5.74) is 0. The lowest BCUT2D eigenvalue weighted by molar-refractivity contribution is -0.127. The molecule has 0 spiro atoms. The molecule has 2 rings (SSSR count). The van der Waals surface area contributed by atoms with Crippen molar-refractivity contribution in [2.75, 3.05) is 0 Å². The van der Waals surface area contributed by atoms with E-state index >= 15 is 0 Å². The van der Waals surface area contributed by atoms with Gasteiger partial charge in [-0.1, -0.05) is 31.9 Å². The first-order chi connectivity index (χ1) is 6.29. The molecule has 0 aromatic rings. The van der Waals surface area contributed by atoms with Gasteiger partial charge in [0.15, 0.2) is 0 Å². The molecular weight excluding hydrogens is 160 g/mol. The van der Waals surface area contributed by atoms with E-state index in [1.807, 2.05) is 6.92 Å². The van der Waals surface area contributed by atoms with Gasteiger partial charge in [0.05, 0.1) is 0 Å². The summed E-state index contributed by atoms with van der Waals surface area (Å²) in [7, 11) is 0. The maximum absolute atomic E-state index is 11.9. The molecular formula is C12H18O. The summed E-state index contributed by atoms with van der Waals surface area (Å²) in [5, 5.41) is 0. The first-order valence-corrected chi connectivity index (χ1v) is 5.49. The SMILES string of the molecule is CC1C=CC[C@H]2CCCC[C@H]2C1=O. The minimum absolute atomic E-state index is 0.174. The molecule has 72 valence electrons. The second kappa shape index (κ2) is 3.65. The maximum Gasteiger partial charge on any atom is 0.142 e. The van der Waals surface area contributed by atoms with Crippen molar-refractivity contribution in [3.05, 3.63) is 12.2 Å². The summed E-state index contributed by atoms with van der Waals surface area (Å²) in [6.45, 7) is 2.04. The fourth-order valence-electron chi connectivity index (χ4n) is 2.75. The zero-order valence-corrected chi connectivity index (χ0v) is 8.33. The Labute approximate surface area is 80.2 Å². The van der Waals surface area contributed by atoms with Gasteiger partial charge in [0, 0.05) is 11.8 Å². The second-order valence-electron chi connectivity index (χ2n) is 4.51. The molecule has 0 bridgehead atoms. The van der Waals surface area contributed by atoms with Gasteiger partial charge < -0.3 is 0 Å². The Morgan fingerprint density at radius 1 is 1.31 bits per heavy atom. The molecule has 1 heteroatoms. The van der Waals surface area contributed by atoms with Crippen LogP contribution in [-0.4, -0.2) is 5.78 Å². The number of rotatable bonds is 0. The highest BCUT2D eigenvalue weighted by atomic mass is 16.1. The van der Waals surface area contributed by atoms with Crippen molar-refractivity contribution in [1.29, 1.82) is 0 Å². The summed E-state index contributed by atoms with van der Waals surface area (Å²) in [4.78, 5) is 11.9. The van der Waals surface area contributed by atoms with E-state index in [-0.39, 0.29) is 5.92 Å². The normalized spacial score (nSPS) is 39.8. The summed E-state index contributed by atoms with van der Waals surface area (Å²) >= 11 is 0. The van der Waals surface area contributed by atoms with E-state index in [0.29, 0.717) is 17.6 Å². The van der Waals surface area contributed by atoms with E-state index in [1.165, 1.54) is 19.3 Å². The third-order valence-electron chi connectivity index (χ3n) is 3.59. The Kier molecular flexibility index (Phi) is 2.52. The van der Waals surface area contributed by atoms with Crippen molar-refractivity contribution in [2.24, 2.45) is 17.8 Å². The van der Waals surface area contributed by atoms with E-state index in [4.69, 9.17) is 0 Å². The number of allylic oxidation sites excluding steroid dienone is 2. The molecule has 0 radical (unpaired) electrons. The van der Waals surface area contributed by atoms with Crippen LogP contribution < -0.4 is 0 Å². The molecule has 3 atom stereocenters. The van der Waals surface area contributed by atoms with Crippen LogP contribution in [0.15, 0.2) is 12.2 Å². The van der Waals surface area contributed by atoms with E-state index < -0.39 is 0 Å². The third kappa shape index (κ3) is 1.70. The molecule has 0 heterocycles. The number of ketones is 1. The molecule has 0 amide bonds. The Balaban J connectivity index is 2.16. The maximum atomic E-state index is 11.9. The number of hydrogen-bond donors (Lipinski definition) is 0. The van der Waals surface area contributed by atoms with Crippen LogP contribution in [0.2, 0.25) is 0 Å². The molecule has 1 saturated carbocycles. The van der Waals surface area contributed by atoms with Gasteiger partial charge in [-0.05, 0) is 25.2 Å². The lowest BCUT2D eigenvalue weighted by Crippen LogP contribution is -2.28. The summed E-state index contributed by atoms with van der Waals surface area (Å²) in [5.74, 6) is 1.73. The zero-order chi connectivity index (χ0) is 9.26. The second-order valence-corrected chi connectivity index (χ2v) is 4.51. The van der Waals surface area contributed by atoms with Gasteiger partial charge in [-0.3, -0.25) is 4.79 Å². The van der Waals surface area contributed by atoms with Crippen molar-refractivity contribution < 1.29 is 4.79 Å². The monoisotopic (exact) mass is 178 g/mol. The number of carbonyl (C=O) groups excluding carboxylic acids is 1. The average molecular weight is 178 g/mol. The first kappa shape index (κ1) is 8.98. The predicted octanol–water partition coefficient (Wildman–Crippen LogP) is 2.96. The van der Waals surface area contributed by atoms with Crippen LogP contribution in [0, 0.1) is 17.8 Å². The number of carbonyl (C=O) groups is 1. The quantitative estimate of drug-likeness (QED) is 0.521. The topological polar surface area (TPSA) is 17.1 Å². The van der Waals surface area contributed by atoms with Crippen LogP contribution in [0.5, 0.6) is 0 Å². The molecule has 0 N–H and O–H groups in total. The number of fused-ring (bicyclic) bond motifs is 1. The Morgan fingerprint density at radius 2 is 2.08 bits per heavy atom. The largest absolute Gasteiger partial charge is 0.299 e. The molecule has 2 aliphatic carbocycles. The van der Waals surface area contributed by atoms with Crippen LogP contribution in [0.25, 0.3) is 0 Å². The van der Waals surface area contributed by atoms with Gasteiger partial charge in [-0.2, -0.15) is 0 Å². The van der Waals surface area contributed by atoms with Crippen molar-refractivity contribution in [3.8, 4) is 0 Å². The predicted molar refractivity (Wildman–Crippen MR) is 53.4 cm³/mol. The summed E-state index contributed by atoms with van der Waals surface area (Å²) in [6.07, 6.45) is 10.5. The minimum atomic E-state index is 0.174. The zero-order valence-electron chi connectivity index (χ0n) is 8.33. The highest BCUT2D eigenvalue weighted by molar-refractivity contribution is 5.85. The van der Waals surface area contributed by atoms with Crippen molar-refractivity contribution in [1.82, 2.24) is 0 Å². The fraction of sp³-hybridized carbons (Fsp3) is 0.750. The molecule has 1 nitrogen and oxygen atoms in total. The van der Waals surface area contributed by atoms with Crippen molar-refractivity contribution in [2.45, 2.75) is 39.0 Å². The average Bonchev–Trinajstić information content (AvgIpc) is 2.29. The third-order valence-corrected chi connectivity index (χ3v) is 3.59. The highest BCUT2D eigenvalue weighted by Crippen LogP contribution is 2.36. The molecule has 0 aliphatic heterocycles. The summed E-state index contributed by atoms with van der Waals surface area (Å²) in [6, 6.07) is 0. The first-order valence-electron chi connectivity index (χ1n) is 5.49. The van der Waals surface area contributed by atoms with Crippen molar-refractivity contribution >= 4 is 5.78 Å². The Morgan fingerprint density at radius 3 is 2.92 bits per heavy atom. The molecule has 1 fully saturated rings. The van der Waals surface area contributed by atoms with E-state index in [9.17, 15) is 4.79 Å². The van der Waals surface area contributed by atoms with Crippen LogP contribution >= 0.6 is 0 Å². The smallest absolute Gasteiger partial charge is 0.142 e. The minimum Gasteiger partial charge on any atom is -0.299 e. The number of hydrogen-bond acceptors (Lipinski definition) is 1. The molecule has 2 aliphatic rings. The van der Waals surface area contributed by atoms with E-state index in [0.717, 1.165) is 12.8 Å². The fourth-order valence-corrected chi connectivity index (χ4v) is 2.75. The van der Waals surface area contributed by atoms with Gasteiger partial charge in [0.2, 0.25) is 0 Å². The van der Waals surface area contributed by atoms with Gasteiger partial charge in [-0.25, -0.2) is 0 Å². The standard InChI is InChI=1S/C12H18O/c1-9-5-4-7-10-6-2-3-8-11(10)12(9)13/h4-5,9-11H,2-3,6-8H2,1H3/t9?,10-,11-/m1/s1. The van der Waals surface area contributed by atoms with E-state index in [1.54, 1.807) is 0 Å². The van der Waals surface area contributed by atoms with Crippen LogP contribution in [0.1, 0.15) is 39.0 Å². The lowest BCUT2D eigenvalue weighted by Gasteiger charge is -2.29. The van der Waals surface area contributed by atoms with Gasteiger partial charge >= 0.3 is 0 Å². The molecule has 0 saturated heterocycles. The lowest BCUT2D eigenvalue weighted by atomic mass is 9.74. The van der Waals surface area contributed by atoms with E-state index in [2.05, 4.69) is 12.2 Å². The molecule has 0 aromatic heterocycles. The highest BCUT2D eigenvalue weighted by Gasteiger charge is 2.33. The van der Waals surface area contributed by atoms with Gasteiger partial charge in [-0.15, -0.1) is 0 Å². The van der Waals surface area contributed by atoms with Crippen LogP contribution in [0.4, 0.5) is 0 Å². The molecule has 0 aromatic carbocycles. The summed E-state index contributed by atoms with van der Waals surface area (Å²) < 4.78 is 0. The van der Waals surface area contributed by atoms with Gasteiger partial charge in [0.25, 0.3) is 0 Å². The number of Topliss-reactive ketones (excluding diaryl/α,β-unsaturated/α-hetero) is 1. The van der Waals surface area contributed by atoms with Crippen LogP contribution in [-0.2, 0) is 4.79 Å².